The number of benzene rings is 1. The van der Waals surface area contributed by atoms with Crippen LogP contribution >= 0.6 is 0 Å². The Morgan fingerprint density at radius 2 is 2.24 bits per heavy atom. The molecule has 134 valence electrons. The third-order valence-corrected chi connectivity index (χ3v) is 4.64. The fourth-order valence-electron chi connectivity index (χ4n) is 3.23. The van der Waals surface area contributed by atoms with Crippen LogP contribution in [0.3, 0.4) is 0 Å². The zero-order chi connectivity index (χ0) is 18.4. The van der Waals surface area contributed by atoms with Crippen LogP contribution in [0, 0.1) is 0 Å². The van der Waals surface area contributed by atoms with Crippen LogP contribution in [-0.4, -0.2) is 42.7 Å². The quantitative estimate of drug-likeness (QED) is 0.471. The Kier molecular flexibility index (Phi) is 6.96. The molecule has 0 aromatic heterocycles. The number of fused-ring (bicyclic) bond motifs is 1. The molecule has 6 heteroatoms. The van der Waals surface area contributed by atoms with Gasteiger partial charge in [0, 0.05) is 24.9 Å². The maximum atomic E-state index is 9.77. The van der Waals surface area contributed by atoms with E-state index in [9.17, 15) is 5.02 Å². The smallest absolute Gasteiger partial charge is 0.423 e. The van der Waals surface area contributed by atoms with E-state index in [-0.39, 0.29) is 0 Å². The summed E-state index contributed by atoms with van der Waals surface area (Å²) in [6.07, 6.45) is 5.05. The van der Waals surface area contributed by atoms with Gasteiger partial charge in [-0.15, -0.1) is 0 Å². The number of rotatable bonds is 7. The predicted molar refractivity (Wildman–Crippen MR) is 106 cm³/mol. The molecule has 0 amide bonds. The van der Waals surface area contributed by atoms with Gasteiger partial charge in [-0.05, 0) is 49.6 Å². The third-order valence-electron chi connectivity index (χ3n) is 4.64. The summed E-state index contributed by atoms with van der Waals surface area (Å²) < 4.78 is 5.27. The number of amidine groups is 1. The second-order valence-corrected chi connectivity index (χ2v) is 6.44. The van der Waals surface area contributed by atoms with Crippen molar-refractivity contribution >= 4 is 30.8 Å². The first-order valence-corrected chi connectivity index (χ1v) is 8.88. The van der Waals surface area contributed by atoms with Crippen LogP contribution in [0.4, 0.5) is 5.69 Å². The Bertz CT molecular complexity index is 673. The maximum Gasteiger partial charge on any atom is 0.491 e. The molecule has 1 aromatic carbocycles. The van der Waals surface area contributed by atoms with Crippen molar-refractivity contribution in [2.75, 3.05) is 7.05 Å². The molecule has 0 bridgehead atoms. The Hall–Kier alpha value is -1.92. The summed E-state index contributed by atoms with van der Waals surface area (Å²) in [4.78, 5) is 11.0. The minimum Gasteiger partial charge on any atom is -0.423 e. The normalized spacial score (nSPS) is 16.0. The van der Waals surface area contributed by atoms with E-state index < -0.39 is 7.12 Å². The second kappa shape index (κ2) is 8.97. The molecule has 25 heavy (non-hydrogen) atoms. The van der Waals surface area contributed by atoms with E-state index in [2.05, 4.69) is 37.5 Å². The minimum atomic E-state index is -0.823. The average molecular weight is 341 g/mol. The van der Waals surface area contributed by atoms with E-state index in [1.165, 1.54) is 0 Å². The Morgan fingerprint density at radius 3 is 2.88 bits per heavy atom. The molecule has 5 nitrogen and oxygen atoms in total. The van der Waals surface area contributed by atoms with Crippen LogP contribution in [0.25, 0.3) is 0 Å². The van der Waals surface area contributed by atoms with Crippen LogP contribution in [0.2, 0.25) is 0 Å². The highest BCUT2D eigenvalue weighted by molar-refractivity contribution is 6.61. The van der Waals surface area contributed by atoms with Crippen molar-refractivity contribution in [2.24, 2.45) is 9.98 Å². The van der Waals surface area contributed by atoms with Crippen molar-refractivity contribution in [2.45, 2.75) is 52.7 Å². The Labute approximate surface area is 151 Å². The average Bonchev–Trinajstić information content (AvgIpc) is 2.97. The van der Waals surface area contributed by atoms with E-state index in [0.29, 0.717) is 12.6 Å². The maximum absolute atomic E-state index is 9.77. The molecule has 2 rings (SSSR count). The monoisotopic (exact) mass is 341 g/mol. The number of aliphatic imine (C=N–C) groups is 2. The first kappa shape index (κ1) is 19.4. The van der Waals surface area contributed by atoms with Crippen LogP contribution in [0.1, 0.15) is 45.6 Å². The fraction of sp³-hybridized carbons (Fsp3) is 0.474. The van der Waals surface area contributed by atoms with Crippen molar-refractivity contribution in [3.05, 3.63) is 35.5 Å². The number of hydrogen-bond donors (Lipinski definition) is 1. The Morgan fingerprint density at radius 1 is 1.48 bits per heavy atom. The molecule has 1 unspecified atom stereocenters. The van der Waals surface area contributed by atoms with Gasteiger partial charge in [0.1, 0.15) is 5.84 Å². The topological polar surface area (TPSA) is 57.4 Å². The van der Waals surface area contributed by atoms with E-state index in [1.807, 2.05) is 25.1 Å². The van der Waals surface area contributed by atoms with E-state index >= 15 is 0 Å². The van der Waals surface area contributed by atoms with E-state index in [0.717, 1.165) is 47.4 Å². The molecule has 1 aliphatic rings. The van der Waals surface area contributed by atoms with E-state index in [1.54, 1.807) is 6.20 Å². The minimum absolute atomic E-state index is 0.418. The molecule has 1 atom stereocenters. The summed E-state index contributed by atoms with van der Waals surface area (Å²) in [5.41, 5.74) is 3.64. The largest absolute Gasteiger partial charge is 0.491 e. The highest BCUT2D eigenvalue weighted by atomic mass is 16.5. The lowest BCUT2D eigenvalue weighted by molar-refractivity contribution is 0.275. The van der Waals surface area contributed by atoms with Crippen LogP contribution < -0.4 is 5.46 Å². The van der Waals surface area contributed by atoms with Gasteiger partial charge in [0.25, 0.3) is 0 Å². The predicted octanol–water partition coefficient (Wildman–Crippen LogP) is 3.05. The molecule has 1 N–H and O–H groups in total. The summed E-state index contributed by atoms with van der Waals surface area (Å²) in [6, 6.07) is 6.21. The number of hydrogen-bond acceptors (Lipinski definition) is 4. The highest BCUT2D eigenvalue weighted by Crippen LogP contribution is 2.21. The van der Waals surface area contributed by atoms with Crippen molar-refractivity contribution in [3.63, 3.8) is 0 Å². The van der Waals surface area contributed by atoms with Gasteiger partial charge in [-0.25, -0.2) is 4.99 Å². The number of likely N-dealkylation sites (N-methyl/N-ethyl adjacent to an activating group) is 1. The van der Waals surface area contributed by atoms with Gasteiger partial charge in [-0.1, -0.05) is 26.3 Å². The standard InChI is InChI=1S/C19H28BN3O2/c1-6-8-17(7-2)23(5)19(14(3)12-21-4)22-16-9-10-18-15(11-16)13-25-20(18)24/h9-12,17,24H,4,6-8,13H2,1-3,5H3/b14-12-,22-19?. The van der Waals surface area contributed by atoms with Gasteiger partial charge in [0.2, 0.25) is 0 Å². The molecule has 0 spiro atoms. The molecule has 0 saturated heterocycles. The summed E-state index contributed by atoms with van der Waals surface area (Å²) in [5.74, 6) is 0.895. The summed E-state index contributed by atoms with van der Waals surface area (Å²) >= 11 is 0. The van der Waals surface area contributed by atoms with Gasteiger partial charge in [-0.3, -0.25) is 4.99 Å². The Balaban J connectivity index is 2.40. The summed E-state index contributed by atoms with van der Waals surface area (Å²) in [6.45, 7) is 10.4. The van der Waals surface area contributed by atoms with Crippen molar-refractivity contribution < 1.29 is 9.68 Å². The van der Waals surface area contributed by atoms with Crippen LogP contribution in [0.15, 0.2) is 40.0 Å². The van der Waals surface area contributed by atoms with Gasteiger partial charge in [0.05, 0.1) is 12.3 Å². The molecule has 0 radical (unpaired) electrons. The molecule has 0 saturated carbocycles. The third kappa shape index (κ3) is 4.58. The molecule has 0 aliphatic carbocycles. The van der Waals surface area contributed by atoms with Crippen LogP contribution in [-0.2, 0) is 11.3 Å². The van der Waals surface area contributed by atoms with Crippen molar-refractivity contribution in [3.8, 4) is 0 Å². The van der Waals surface area contributed by atoms with Gasteiger partial charge in [0.15, 0.2) is 0 Å². The molecule has 1 aromatic rings. The summed E-state index contributed by atoms with van der Waals surface area (Å²) in [5, 5.41) is 9.77. The molecule has 1 aliphatic heterocycles. The first-order valence-electron chi connectivity index (χ1n) is 8.88. The molecular weight excluding hydrogens is 313 g/mol. The SMILES string of the molecule is C=N/C=C(/C)C(=Nc1ccc2c(c1)COB2O)N(C)C(CC)CCC. The lowest BCUT2D eigenvalue weighted by Crippen LogP contribution is -2.37. The van der Waals surface area contributed by atoms with Crippen molar-refractivity contribution in [1.29, 1.82) is 0 Å². The van der Waals surface area contributed by atoms with Gasteiger partial charge in [-0.2, -0.15) is 0 Å². The number of nitrogens with zero attached hydrogens (tertiary/aromatic N) is 3. The summed E-state index contributed by atoms with van der Waals surface area (Å²) in [7, 11) is 1.26. The van der Waals surface area contributed by atoms with E-state index in [4.69, 9.17) is 9.65 Å². The fourth-order valence-corrected chi connectivity index (χ4v) is 3.23. The zero-order valence-electron chi connectivity index (χ0n) is 15.7. The lowest BCUT2D eigenvalue weighted by atomic mass is 9.79. The van der Waals surface area contributed by atoms with Gasteiger partial charge < -0.3 is 14.6 Å². The zero-order valence-corrected chi connectivity index (χ0v) is 15.7. The first-order chi connectivity index (χ1) is 12.0. The molecule has 1 heterocycles. The lowest BCUT2D eigenvalue weighted by Gasteiger charge is -2.30. The van der Waals surface area contributed by atoms with Crippen LogP contribution in [0.5, 0.6) is 0 Å². The molecule has 0 fully saturated rings. The van der Waals surface area contributed by atoms with Gasteiger partial charge >= 0.3 is 7.12 Å². The highest BCUT2D eigenvalue weighted by Gasteiger charge is 2.27. The second-order valence-electron chi connectivity index (χ2n) is 6.44. The molecular formula is C19H28BN3O2. The van der Waals surface area contributed by atoms with Crippen molar-refractivity contribution in [1.82, 2.24) is 4.90 Å².